The second-order valence-electron chi connectivity index (χ2n) is 5.77. The van der Waals surface area contributed by atoms with E-state index in [4.69, 9.17) is 4.74 Å². The van der Waals surface area contributed by atoms with Crippen LogP contribution in [0.1, 0.15) is 34.1 Å². The van der Waals surface area contributed by atoms with E-state index in [1.165, 1.54) is 32.6 Å². The molecule has 0 aromatic rings. The molecular formula is C14H30N2O. The van der Waals surface area contributed by atoms with Gasteiger partial charge < -0.3 is 4.74 Å². The first kappa shape index (κ1) is 14.9. The summed E-state index contributed by atoms with van der Waals surface area (Å²) in [6.07, 6.45) is 1.18. The maximum Gasteiger partial charge on any atom is 0.0593 e. The van der Waals surface area contributed by atoms with E-state index in [1.807, 2.05) is 0 Å². The van der Waals surface area contributed by atoms with Crippen molar-refractivity contribution in [2.24, 2.45) is 5.92 Å². The molecule has 0 aliphatic carbocycles. The molecule has 17 heavy (non-hydrogen) atoms. The monoisotopic (exact) mass is 242 g/mol. The summed E-state index contributed by atoms with van der Waals surface area (Å²) in [5.41, 5.74) is 0. The Morgan fingerprint density at radius 3 is 2.12 bits per heavy atom. The molecule has 1 aliphatic rings. The van der Waals surface area contributed by atoms with Crippen LogP contribution in [-0.4, -0.2) is 61.8 Å². The average Bonchev–Trinajstić information content (AvgIpc) is 2.29. The van der Waals surface area contributed by atoms with E-state index in [0.717, 1.165) is 25.7 Å². The minimum atomic E-state index is 0.694. The van der Waals surface area contributed by atoms with Gasteiger partial charge in [-0.05, 0) is 26.2 Å². The minimum Gasteiger partial charge on any atom is -0.380 e. The number of hydrogen-bond donors (Lipinski definition) is 0. The highest BCUT2D eigenvalue weighted by Gasteiger charge is 2.17. The number of piperazine rings is 1. The zero-order valence-electron chi connectivity index (χ0n) is 12.1. The lowest BCUT2D eigenvalue weighted by molar-refractivity contribution is 0.0632. The molecule has 0 unspecified atom stereocenters. The van der Waals surface area contributed by atoms with E-state index in [9.17, 15) is 0 Å². The zero-order chi connectivity index (χ0) is 12.7. The van der Waals surface area contributed by atoms with Crippen molar-refractivity contribution in [3.63, 3.8) is 0 Å². The molecule has 0 amide bonds. The summed E-state index contributed by atoms with van der Waals surface area (Å²) in [5.74, 6) is 0.754. The van der Waals surface area contributed by atoms with Crippen LogP contribution in [0, 0.1) is 5.92 Å². The van der Waals surface area contributed by atoms with Crippen molar-refractivity contribution in [1.82, 2.24) is 9.80 Å². The Labute approximate surface area is 107 Å². The molecule has 0 aromatic carbocycles. The number of nitrogens with zero attached hydrogens (tertiary/aromatic N) is 2. The van der Waals surface area contributed by atoms with Crippen molar-refractivity contribution in [3.8, 4) is 0 Å². The van der Waals surface area contributed by atoms with E-state index < -0.39 is 0 Å². The molecule has 1 saturated heterocycles. The molecule has 0 aromatic heterocycles. The van der Waals surface area contributed by atoms with Gasteiger partial charge in [0.2, 0.25) is 0 Å². The van der Waals surface area contributed by atoms with Gasteiger partial charge in [-0.1, -0.05) is 13.8 Å². The fourth-order valence-corrected chi connectivity index (χ4v) is 2.12. The summed E-state index contributed by atoms with van der Waals surface area (Å²) in [6, 6.07) is 0.694. The predicted molar refractivity (Wildman–Crippen MR) is 73.4 cm³/mol. The Hall–Kier alpha value is -0.120. The number of rotatable bonds is 7. The third kappa shape index (κ3) is 6.39. The molecular weight excluding hydrogens is 212 g/mol. The fraction of sp³-hybridized carbons (Fsp3) is 1.00. The standard InChI is InChI=1S/C14H30N2O/c1-13(2)5-11-17-12-10-15-6-8-16(9-7-15)14(3)4/h13-14H,5-12H2,1-4H3. The molecule has 0 atom stereocenters. The van der Waals surface area contributed by atoms with Crippen LogP contribution in [0.25, 0.3) is 0 Å². The van der Waals surface area contributed by atoms with Gasteiger partial charge in [0.05, 0.1) is 6.61 Å². The van der Waals surface area contributed by atoms with Gasteiger partial charge in [0.1, 0.15) is 0 Å². The molecule has 0 saturated carbocycles. The molecule has 0 bridgehead atoms. The molecule has 0 N–H and O–H groups in total. The van der Waals surface area contributed by atoms with Gasteiger partial charge in [-0.25, -0.2) is 0 Å². The third-order valence-electron chi connectivity index (χ3n) is 3.53. The molecule has 0 spiro atoms. The van der Waals surface area contributed by atoms with Crippen molar-refractivity contribution in [1.29, 1.82) is 0 Å². The average molecular weight is 242 g/mol. The van der Waals surface area contributed by atoms with Gasteiger partial charge in [0.25, 0.3) is 0 Å². The lowest BCUT2D eigenvalue weighted by Gasteiger charge is -2.36. The van der Waals surface area contributed by atoms with E-state index in [1.54, 1.807) is 0 Å². The zero-order valence-corrected chi connectivity index (χ0v) is 12.1. The quantitative estimate of drug-likeness (QED) is 0.636. The van der Waals surface area contributed by atoms with Crippen molar-refractivity contribution in [2.75, 3.05) is 45.9 Å². The van der Waals surface area contributed by atoms with Gasteiger partial charge in [0.15, 0.2) is 0 Å². The third-order valence-corrected chi connectivity index (χ3v) is 3.53. The van der Waals surface area contributed by atoms with Crippen molar-refractivity contribution >= 4 is 0 Å². The summed E-state index contributed by atoms with van der Waals surface area (Å²) < 4.78 is 5.67. The Balaban J connectivity index is 1.99. The van der Waals surface area contributed by atoms with Crippen LogP contribution in [0.4, 0.5) is 0 Å². The van der Waals surface area contributed by atoms with Gasteiger partial charge in [-0.3, -0.25) is 9.80 Å². The first-order valence-corrected chi connectivity index (χ1v) is 7.13. The van der Waals surface area contributed by atoms with Gasteiger partial charge in [-0.2, -0.15) is 0 Å². The second kappa shape index (κ2) is 8.06. The molecule has 1 rings (SSSR count). The van der Waals surface area contributed by atoms with Crippen LogP contribution in [0.15, 0.2) is 0 Å². The fourth-order valence-electron chi connectivity index (χ4n) is 2.12. The summed E-state index contributed by atoms with van der Waals surface area (Å²) in [7, 11) is 0. The Morgan fingerprint density at radius 1 is 0.941 bits per heavy atom. The van der Waals surface area contributed by atoms with Crippen LogP contribution in [0.5, 0.6) is 0 Å². The maximum absolute atomic E-state index is 5.67. The molecule has 3 heteroatoms. The van der Waals surface area contributed by atoms with Crippen LogP contribution < -0.4 is 0 Å². The van der Waals surface area contributed by atoms with Crippen LogP contribution in [-0.2, 0) is 4.74 Å². The first-order valence-electron chi connectivity index (χ1n) is 7.13. The molecule has 3 nitrogen and oxygen atoms in total. The predicted octanol–water partition coefficient (Wildman–Crippen LogP) is 2.08. The van der Waals surface area contributed by atoms with Crippen molar-refractivity contribution in [3.05, 3.63) is 0 Å². The highest BCUT2D eigenvalue weighted by Crippen LogP contribution is 2.05. The summed E-state index contributed by atoms with van der Waals surface area (Å²) in [4.78, 5) is 5.07. The maximum atomic E-state index is 5.67. The number of hydrogen-bond acceptors (Lipinski definition) is 3. The van der Waals surface area contributed by atoms with E-state index in [-0.39, 0.29) is 0 Å². The van der Waals surface area contributed by atoms with Crippen molar-refractivity contribution in [2.45, 2.75) is 40.2 Å². The topological polar surface area (TPSA) is 15.7 Å². The van der Waals surface area contributed by atoms with Gasteiger partial charge >= 0.3 is 0 Å². The largest absolute Gasteiger partial charge is 0.380 e. The van der Waals surface area contributed by atoms with Crippen molar-refractivity contribution < 1.29 is 4.74 Å². The number of ether oxygens (including phenoxy) is 1. The minimum absolute atomic E-state index is 0.694. The highest BCUT2D eigenvalue weighted by atomic mass is 16.5. The summed E-state index contributed by atoms with van der Waals surface area (Å²) >= 11 is 0. The van der Waals surface area contributed by atoms with Crippen LogP contribution in [0.2, 0.25) is 0 Å². The lowest BCUT2D eigenvalue weighted by Crippen LogP contribution is -2.49. The normalized spacial score (nSPS) is 19.4. The van der Waals surface area contributed by atoms with E-state index in [0.29, 0.717) is 6.04 Å². The Kier molecular flexibility index (Phi) is 7.09. The van der Waals surface area contributed by atoms with E-state index in [2.05, 4.69) is 37.5 Å². The van der Waals surface area contributed by atoms with E-state index >= 15 is 0 Å². The lowest BCUT2D eigenvalue weighted by atomic mass is 10.1. The molecule has 1 aliphatic heterocycles. The molecule has 1 heterocycles. The van der Waals surface area contributed by atoms with Crippen LogP contribution in [0.3, 0.4) is 0 Å². The molecule has 102 valence electrons. The van der Waals surface area contributed by atoms with Gasteiger partial charge in [-0.15, -0.1) is 0 Å². The van der Waals surface area contributed by atoms with Crippen LogP contribution >= 0.6 is 0 Å². The summed E-state index contributed by atoms with van der Waals surface area (Å²) in [6.45, 7) is 16.8. The first-order chi connectivity index (χ1) is 8.09. The Morgan fingerprint density at radius 2 is 1.59 bits per heavy atom. The second-order valence-corrected chi connectivity index (χ2v) is 5.77. The highest BCUT2D eigenvalue weighted by molar-refractivity contribution is 4.73. The van der Waals surface area contributed by atoms with Gasteiger partial charge in [0, 0.05) is 45.4 Å². The molecule has 1 fully saturated rings. The summed E-state index contributed by atoms with van der Waals surface area (Å²) in [5, 5.41) is 0. The molecule has 0 radical (unpaired) electrons. The smallest absolute Gasteiger partial charge is 0.0593 e. The SMILES string of the molecule is CC(C)CCOCCN1CCN(C(C)C)CC1. The Bertz CT molecular complexity index is 187.